The number of hydrogen-bond acceptors (Lipinski definition) is 1. The number of alkyl halides is 3. The van der Waals surface area contributed by atoms with E-state index in [1.165, 1.54) is 6.07 Å². The van der Waals surface area contributed by atoms with E-state index in [4.69, 9.17) is 0 Å². The van der Waals surface area contributed by atoms with Gasteiger partial charge in [0.25, 0.3) is 0 Å². The molecule has 2 rings (SSSR count). The van der Waals surface area contributed by atoms with Crippen LogP contribution in [-0.2, 0) is 6.18 Å². The van der Waals surface area contributed by atoms with Crippen LogP contribution < -0.4 is 5.43 Å². The van der Waals surface area contributed by atoms with Gasteiger partial charge in [-0.15, -0.1) is 0 Å². The monoisotopic (exact) mass is 271 g/mol. The number of aromatic amines is 1. The van der Waals surface area contributed by atoms with Crippen LogP contribution in [0.4, 0.5) is 17.6 Å². The van der Waals surface area contributed by atoms with Crippen molar-refractivity contribution in [2.75, 3.05) is 0 Å². The van der Waals surface area contributed by atoms with Gasteiger partial charge in [-0.1, -0.05) is 0 Å². The van der Waals surface area contributed by atoms with Crippen molar-refractivity contribution in [3.8, 4) is 11.3 Å². The molecule has 0 aliphatic rings. The molecule has 0 atom stereocenters. The molecule has 2 aromatic rings. The van der Waals surface area contributed by atoms with Gasteiger partial charge < -0.3 is 4.98 Å². The van der Waals surface area contributed by atoms with Crippen LogP contribution in [0.15, 0.2) is 35.1 Å². The highest BCUT2D eigenvalue weighted by Crippen LogP contribution is 2.32. The van der Waals surface area contributed by atoms with Gasteiger partial charge in [-0.3, -0.25) is 4.79 Å². The van der Waals surface area contributed by atoms with Crippen molar-refractivity contribution in [3.05, 3.63) is 57.6 Å². The van der Waals surface area contributed by atoms with Crippen molar-refractivity contribution in [1.82, 2.24) is 4.98 Å². The molecule has 0 bridgehead atoms. The fraction of sp³-hybridized carbons (Fsp3) is 0.154. The molecule has 1 N–H and O–H groups in total. The van der Waals surface area contributed by atoms with Gasteiger partial charge in [-0.2, -0.15) is 13.2 Å². The minimum Gasteiger partial charge on any atom is -0.358 e. The minimum atomic E-state index is -4.60. The fourth-order valence-corrected chi connectivity index (χ4v) is 1.74. The molecule has 0 saturated carbocycles. The van der Waals surface area contributed by atoms with Crippen LogP contribution in [0, 0.1) is 12.7 Å². The van der Waals surface area contributed by atoms with Gasteiger partial charge in [0.1, 0.15) is 5.82 Å². The highest BCUT2D eigenvalue weighted by atomic mass is 19.4. The van der Waals surface area contributed by atoms with E-state index in [-0.39, 0.29) is 16.7 Å². The lowest BCUT2D eigenvalue weighted by Crippen LogP contribution is -2.06. The lowest BCUT2D eigenvalue weighted by atomic mass is 10.1. The zero-order valence-corrected chi connectivity index (χ0v) is 9.81. The van der Waals surface area contributed by atoms with E-state index >= 15 is 0 Å². The Morgan fingerprint density at radius 2 is 1.79 bits per heavy atom. The number of pyridine rings is 1. The second-order valence-corrected chi connectivity index (χ2v) is 4.11. The predicted octanol–water partition coefficient (Wildman–Crippen LogP) is 3.51. The maximum absolute atomic E-state index is 13.7. The van der Waals surface area contributed by atoms with Crippen molar-refractivity contribution in [2.24, 2.45) is 0 Å². The van der Waals surface area contributed by atoms with Crippen LogP contribution in [0.5, 0.6) is 0 Å². The van der Waals surface area contributed by atoms with E-state index in [0.29, 0.717) is 11.8 Å². The highest BCUT2D eigenvalue weighted by molar-refractivity contribution is 5.60. The molecule has 1 aromatic heterocycles. The lowest BCUT2D eigenvalue weighted by Gasteiger charge is -2.09. The molecule has 1 heterocycles. The SMILES string of the molecule is Cc1cc(=O)cc(-c2ccc(C(F)(F)F)cc2F)[nH]1. The van der Waals surface area contributed by atoms with Crippen LogP contribution in [0.2, 0.25) is 0 Å². The van der Waals surface area contributed by atoms with Gasteiger partial charge in [-0.05, 0) is 25.1 Å². The molecule has 0 aliphatic carbocycles. The average molecular weight is 271 g/mol. The summed E-state index contributed by atoms with van der Waals surface area (Å²) in [5.74, 6) is -1.03. The first-order valence-corrected chi connectivity index (χ1v) is 5.35. The number of halogens is 4. The summed E-state index contributed by atoms with van der Waals surface area (Å²) in [6, 6.07) is 4.64. The first-order chi connectivity index (χ1) is 8.77. The van der Waals surface area contributed by atoms with Crippen LogP contribution >= 0.6 is 0 Å². The van der Waals surface area contributed by atoms with Gasteiger partial charge in [0, 0.05) is 23.4 Å². The number of aryl methyl sites for hydroxylation is 1. The molecule has 100 valence electrons. The Balaban J connectivity index is 2.55. The number of rotatable bonds is 1. The predicted molar refractivity (Wildman–Crippen MR) is 62.2 cm³/mol. The fourth-order valence-electron chi connectivity index (χ4n) is 1.74. The molecule has 0 unspecified atom stereocenters. The maximum Gasteiger partial charge on any atom is 0.416 e. The number of H-pyrrole nitrogens is 1. The summed E-state index contributed by atoms with van der Waals surface area (Å²) in [7, 11) is 0. The third kappa shape index (κ3) is 2.83. The van der Waals surface area contributed by atoms with Crippen LogP contribution in [0.1, 0.15) is 11.3 Å². The molecular formula is C13H9F4NO. The van der Waals surface area contributed by atoms with Crippen molar-refractivity contribution >= 4 is 0 Å². The van der Waals surface area contributed by atoms with E-state index in [9.17, 15) is 22.4 Å². The smallest absolute Gasteiger partial charge is 0.358 e. The zero-order chi connectivity index (χ0) is 14.2. The first-order valence-electron chi connectivity index (χ1n) is 5.35. The van der Waals surface area contributed by atoms with Crippen molar-refractivity contribution < 1.29 is 17.6 Å². The number of benzene rings is 1. The van der Waals surface area contributed by atoms with Gasteiger partial charge >= 0.3 is 6.18 Å². The van der Waals surface area contributed by atoms with Gasteiger partial charge in [0.15, 0.2) is 5.43 Å². The Morgan fingerprint density at radius 3 is 2.32 bits per heavy atom. The molecule has 19 heavy (non-hydrogen) atoms. The number of aromatic nitrogens is 1. The second-order valence-electron chi connectivity index (χ2n) is 4.11. The maximum atomic E-state index is 13.7. The molecule has 6 heteroatoms. The van der Waals surface area contributed by atoms with E-state index in [0.717, 1.165) is 18.2 Å². The third-order valence-corrected chi connectivity index (χ3v) is 2.56. The molecule has 2 nitrogen and oxygen atoms in total. The van der Waals surface area contributed by atoms with Crippen LogP contribution in [-0.4, -0.2) is 4.98 Å². The molecular weight excluding hydrogens is 262 g/mol. The Labute approximate surface area is 105 Å². The normalized spacial score (nSPS) is 11.6. The third-order valence-electron chi connectivity index (χ3n) is 2.56. The van der Waals surface area contributed by atoms with E-state index in [2.05, 4.69) is 4.98 Å². The summed E-state index contributed by atoms with van der Waals surface area (Å²) in [5, 5.41) is 0. The number of nitrogens with one attached hydrogen (secondary N) is 1. The molecule has 1 aromatic carbocycles. The summed E-state index contributed by atoms with van der Waals surface area (Å²) in [4.78, 5) is 14.0. The molecule has 0 saturated heterocycles. The molecule has 0 aliphatic heterocycles. The molecule has 0 fully saturated rings. The van der Waals surface area contributed by atoms with Crippen molar-refractivity contribution in [3.63, 3.8) is 0 Å². The number of hydrogen-bond donors (Lipinski definition) is 1. The standard InChI is InChI=1S/C13H9F4NO/c1-7-4-9(19)6-12(18-7)10-3-2-8(5-11(10)14)13(15,16)17/h2-6H,1H3,(H,18,19). The summed E-state index contributed by atoms with van der Waals surface area (Å²) < 4.78 is 50.9. The minimum absolute atomic E-state index is 0.0752. The Hall–Kier alpha value is -2.11. The molecule has 0 amide bonds. The topological polar surface area (TPSA) is 32.9 Å². The van der Waals surface area contributed by atoms with E-state index in [1.54, 1.807) is 6.92 Å². The summed E-state index contributed by atoms with van der Waals surface area (Å²) in [5.41, 5.74) is -0.832. The van der Waals surface area contributed by atoms with E-state index in [1.807, 2.05) is 0 Å². The average Bonchev–Trinajstić information content (AvgIpc) is 2.26. The van der Waals surface area contributed by atoms with Gasteiger partial charge in [0.2, 0.25) is 0 Å². The highest BCUT2D eigenvalue weighted by Gasteiger charge is 2.31. The van der Waals surface area contributed by atoms with Crippen LogP contribution in [0.25, 0.3) is 11.3 Å². The second kappa shape index (κ2) is 4.53. The molecule has 0 spiro atoms. The summed E-state index contributed by atoms with van der Waals surface area (Å²) in [6.45, 7) is 1.60. The first kappa shape index (κ1) is 13.3. The Bertz CT molecular complexity index is 673. The van der Waals surface area contributed by atoms with Gasteiger partial charge in [-0.25, -0.2) is 4.39 Å². The van der Waals surface area contributed by atoms with Crippen molar-refractivity contribution in [2.45, 2.75) is 13.1 Å². The van der Waals surface area contributed by atoms with Gasteiger partial charge in [0.05, 0.1) is 11.3 Å². The largest absolute Gasteiger partial charge is 0.416 e. The molecule has 0 radical (unpaired) electrons. The Kier molecular flexibility index (Phi) is 3.18. The summed E-state index contributed by atoms with van der Waals surface area (Å²) >= 11 is 0. The summed E-state index contributed by atoms with van der Waals surface area (Å²) in [6.07, 6.45) is -4.60. The van der Waals surface area contributed by atoms with E-state index < -0.39 is 17.6 Å². The quantitative estimate of drug-likeness (QED) is 0.791. The van der Waals surface area contributed by atoms with Crippen molar-refractivity contribution in [1.29, 1.82) is 0 Å². The van der Waals surface area contributed by atoms with Crippen LogP contribution in [0.3, 0.4) is 0 Å². The zero-order valence-electron chi connectivity index (χ0n) is 9.81. The Morgan fingerprint density at radius 1 is 1.11 bits per heavy atom. The lowest BCUT2D eigenvalue weighted by molar-refractivity contribution is -0.137.